The Morgan fingerprint density at radius 2 is 1.84 bits per heavy atom. The normalized spacial score (nSPS) is 11.0. The molecule has 0 aliphatic carbocycles. The zero-order valence-corrected chi connectivity index (χ0v) is 14.2. The van der Waals surface area contributed by atoms with E-state index in [4.69, 9.17) is 10.5 Å². The third-order valence-electron chi connectivity index (χ3n) is 2.83. The number of para-hydroxylation sites is 1. The molecule has 19 heavy (non-hydrogen) atoms. The van der Waals surface area contributed by atoms with Crippen LogP contribution in [0.25, 0.3) is 0 Å². The summed E-state index contributed by atoms with van der Waals surface area (Å²) in [5.41, 5.74) is 9.50. The van der Waals surface area contributed by atoms with Crippen LogP contribution in [0.4, 0.5) is 5.69 Å². The minimum Gasteiger partial charge on any atom is -0.383 e. The van der Waals surface area contributed by atoms with Gasteiger partial charge in [0.1, 0.15) is 0 Å². The molecule has 0 atom stereocenters. The van der Waals surface area contributed by atoms with E-state index < -0.39 is 0 Å². The van der Waals surface area contributed by atoms with Crippen molar-refractivity contribution in [2.24, 2.45) is 10.7 Å². The van der Waals surface area contributed by atoms with Crippen molar-refractivity contribution >= 4 is 35.6 Å². The molecule has 3 N–H and O–H groups in total. The maximum Gasteiger partial charge on any atom is 0.193 e. The monoisotopic (exact) mass is 377 g/mol. The van der Waals surface area contributed by atoms with Gasteiger partial charge in [0.2, 0.25) is 0 Å². The topological polar surface area (TPSA) is 59.6 Å². The third kappa shape index (κ3) is 5.78. The van der Waals surface area contributed by atoms with Gasteiger partial charge in [0.25, 0.3) is 0 Å². The number of nitrogens with two attached hydrogens (primary N) is 1. The maximum atomic E-state index is 5.88. The molecule has 0 aromatic heterocycles. The van der Waals surface area contributed by atoms with Crippen molar-refractivity contribution in [3.63, 3.8) is 0 Å². The first kappa shape index (κ1) is 18.2. The van der Waals surface area contributed by atoms with Crippen LogP contribution in [0.2, 0.25) is 0 Å². The van der Waals surface area contributed by atoms with Crippen LogP contribution in [0.5, 0.6) is 0 Å². The van der Waals surface area contributed by atoms with Gasteiger partial charge in [0.05, 0.1) is 13.2 Å². The summed E-state index contributed by atoms with van der Waals surface area (Å²) in [4.78, 5) is 4.22. The number of nitrogens with one attached hydrogen (secondary N) is 1. The highest BCUT2D eigenvalue weighted by molar-refractivity contribution is 14.0. The highest BCUT2D eigenvalue weighted by atomic mass is 127. The first-order valence-electron chi connectivity index (χ1n) is 6.39. The van der Waals surface area contributed by atoms with Crippen LogP contribution in [0.15, 0.2) is 23.2 Å². The van der Waals surface area contributed by atoms with Gasteiger partial charge in [0.15, 0.2) is 5.96 Å². The fourth-order valence-corrected chi connectivity index (χ4v) is 1.83. The second-order valence-corrected chi connectivity index (χ2v) is 4.04. The number of hydrogen-bond acceptors (Lipinski definition) is 2. The van der Waals surface area contributed by atoms with Crippen LogP contribution in [0, 0.1) is 0 Å². The van der Waals surface area contributed by atoms with E-state index in [2.05, 4.69) is 42.4 Å². The van der Waals surface area contributed by atoms with Crippen LogP contribution in [-0.2, 0) is 17.6 Å². The summed E-state index contributed by atoms with van der Waals surface area (Å²) in [6.07, 6.45) is 1.95. The van der Waals surface area contributed by atoms with Gasteiger partial charge in [0, 0.05) is 12.8 Å². The molecule has 0 saturated carbocycles. The Morgan fingerprint density at radius 3 is 2.32 bits per heavy atom. The Balaban J connectivity index is 0.00000324. The second-order valence-electron chi connectivity index (χ2n) is 4.04. The molecule has 0 radical (unpaired) electrons. The van der Waals surface area contributed by atoms with Crippen LogP contribution in [0.1, 0.15) is 25.0 Å². The minimum absolute atomic E-state index is 0. The first-order valence-corrected chi connectivity index (χ1v) is 6.39. The van der Waals surface area contributed by atoms with Crippen molar-refractivity contribution in [3.8, 4) is 0 Å². The predicted octanol–water partition coefficient (Wildman–Crippen LogP) is 2.80. The number of rotatable bonds is 6. The van der Waals surface area contributed by atoms with E-state index in [0.29, 0.717) is 19.1 Å². The summed E-state index contributed by atoms with van der Waals surface area (Å²) >= 11 is 0. The number of aryl methyl sites for hydroxylation is 2. The number of ether oxygens (including phenoxy) is 1. The lowest BCUT2D eigenvalue weighted by Crippen LogP contribution is -2.24. The summed E-state index contributed by atoms with van der Waals surface area (Å²) in [7, 11) is 1.65. The quantitative estimate of drug-likeness (QED) is 0.347. The molecule has 0 fully saturated rings. The lowest BCUT2D eigenvalue weighted by molar-refractivity contribution is 0.208. The zero-order valence-electron chi connectivity index (χ0n) is 11.9. The van der Waals surface area contributed by atoms with Gasteiger partial charge in [-0.05, 0) is 24.0 Å². The van der Waals surface area contributed by atoms with E-state index in [1.54, 1.807) is 7.11 Å². The number of methoxy groups -OCH3 is 1. The highest BCUT2D eigenvalue weighted by Crippen LogP contribution is 2.22. The molecule has 1 aromatic carbocycles. The fourth-order valence-electron chi connectivity index (χ4n) is 1.83. The smallest absolute Gasteiger partial charge is 0.193 e. The third-order valence-corrected chi connectivity index (χ3v) is 2.83. The number of halogens is 1. The van der Waals surface area contributed by atoms with Crippen molar-refractivity contribution in [3.05, 3.63) is 29.3 Å². The molecule has 5 heteroatoms. The Kier molecular flexibility index (Phi) is 9.59. The SMILES string of the molecule is CCc1cccc(CC)c1NC(N)=NCCOC.I. The number of hydrogen-bond donors (Lipinski definition) is 2. The Morgan fingerprint density at radius 1 is 1.26 bits per heavy atom. The van der Waals surface area contributed by atoms with Gasteiger partial charge in [-0.3, -0.25) is 4.99 Å². The lowest BCUT2D eigenvalue weighted by atomic mass is 10.0. The molecule has 1 rings (SSSR count). The van der Waals surface area contributed by atoms with Gasteiger partial charge in [-0.1, -0.05) is 32.0 Å². The van der Waals surface area contributed by atoms with Crippen molar-refractivity contribution < 1.29 is 4.74 Å². The standard InChI is InChI=1S/C14H23N3O.HI/c1-4-11-7-6-8-12(5-2)13(11)17-14(15)16-9-10-18-3;/h6-8H,4-5,9-10H2,1-3H3,(H3,15,16,17);1H. The maximum absolute atomic E-state index is 5.88. The number of guanidine groups is 1. The van der Waals surface area contributed by atoms with E-state index in [1.807, 2.05) is 0 Å². The molecule has 0 unspecified atom stereocenters. The van der Waals surface area contributed by atoms with Crippen LogP contribution < -0.4 is 11.1 Å². The summed E-state index contributed by atoms with van der Waals surface area (Å²) in [6, 6.07) is 6.31. The first-order chi connectivity index (χ1) is 8.72. The van der Waals surface area contributed by atoms with Crippen molar-refractivity contribution in [1.29, 1.82) is 0 Å². The second kappa shape index (κ2) is 10.0. The molecular weight excluding hydrogens is 353 g/mol. The molecule has 0 amide bonds. The molecule has 108 valence electrons. The summed E-state index contributed by atoms with van der Waals surface area (Å²) in [6.45, 7) is 5.43. The molecule has 1 aromatic rings. The van der Waals surface area contributed by atoms with Gasteiger partial charge in [-0.2, -0.15) is 0 Å². The van der Waals surface area contributed by atoms with E-state index >= 15 is 0 Å². The van der Waals surface area contributed by atoms with E-state index in [9.17, 15) is 0 Å². The minimum atomic E-state index is 0. The predicted molar refractivity (Wildman–Crippen MR) is 92.6 cm³/mol. The van der Waals surface area contributed by atoms with E-state index in [0.717, 1.165) is 18.5 Å². The Labute approximate surface area is 132 Å². The van der Waals surface area contributed by atoms with Gasteiger partial charge < -0.3 is 15.8 Å². The van der Waals surface area contributed by atoms with E-state index in [1.165, 1.54) is 11.1 Å². The van der Waals surface area contributed by atoms with Gasteiger partial charge in [-0.15, -0.1) is 24.0 Å². The zero-order chi connectivity index (χ0) is 13.4. The lowest BCUT2D eigenvalue weighted by Gasteiger charge is -2.14. The average Bonchev–Trinajstić information content (AvgIpc) is 2.39. The summed E-state index contributed by atoms with van der Waals surface area (Å²) in [5, 5.41) is 3.21. The molecule has 0 bridgehead atoms. The summed E-state index contributed by atoms with van der Waals surface area (Å²) < 4.78 is 4.94. The Hall–Kier alpha value is -0.820. The van der Waals surface area contributed by atoms with Crippen LogP contribution >= 0.6 is 24.0 Å². The molecule has 0 saturated heterocycles. The summed E-state index contributed by atoms with van der Waals surface area (Å²) in [5.74, 6) is 0.447. The molecule has 0 aliphatic rings. The van der Waals surface area contributed by atoms with Crippen molar-refractivity contribution in [2.75, 3.05) is 25.6 Å². The largest absolute Gasteiger partial charge is 0.383 e. The molecule has 4 nitrogen and oxygen atoms in total. The average molecular weight is 377 g/mol. The highest BCUT2D eigenvalue weighted by Gasteiger charge is 2.06. The number of anilines is 1. The van der Waals surface area contributed by atoms with Gasteiger partial charge in [-0.25, -0.2) is 0 Å². The van der Waals surface area contributed by atoms with Gasteiger partial charge >= 0.3 is 0 Å². The fraction of sp³-hybridized carbons (Fsp3) is 0.500. The molecule has 0 heterocycles. The molecule has 0 spiro atoms. The number of benzene rings is 1. The number of aliphatic imine (C=N–C) groups is 1. The van der Waals surface area contributed by atoms with Crippen molar-refractivity contribution in [1.82, 2.24) is 0 Å². The number of nitrogens with zero attached hydrogens (tertiary/aromatic N) is 1. The molecule has 0 aliphatic heterocycles. The van der Waals surface area contributed by atoms with Crippen molar-refractivity contribution in [2.45, 2.75) is 26.7 Å². The van der Waals surface area contributed by atoms with Crippen LogP contribution in [-0.4, -0.2) is 26.2 Å². The van der Waals surface area contributed by atoms with Crippen LogP contribution in [0.3, 0.4) is 0 Å². The Bertz CT molecular complexity index is 385. The molecular formula is C14H24IN3O. The van der Waals surface area contributed by atoms with E-state index in [-0.39, 0.29) is 24.0 Å².